The number of nitrogens with one attached hydrogen (secondary N) is 1. The number of aryl methyl sites for hydroxylation is 1. The van der Waals surface area contributed by atoms with Gasteiger partial charge in [0.25, 0.3) is 0 Å². The Hall–Kier alpha value is -2.98. The smallest absolute Gasteiger partial charge is 0.304 e. The molecular weight excluding hydrogens is 459 g/mol. The lowest BCUT2D eigenvalue weighted by Gasteiger charge is -2.33. The number of anilines is 1. The highest BCUT2D eigenvalue weighted by Crippen LogP contribution is 2.22. The van der Waals surface area contributed by atoms with E-state index in [0.29, 0.717) is 13.0 Å². The van der Waals surface area contributed by atoms with Crippen LogP contribution in [0.1, 0.15) is 31.4 Å². The van der Waals surface area contributed by atoms with E-state index in [1.165, 1.54) is 31.1 Å². The number of rotatable bonds is 11. The molecule has 0 fully saturated rings. The number of benzene rings is 2. The van der Waals surface area contributed by atoms with Crippen LogP contribution in [0.3, 0.4) is 0 Å². The standard InChI is InChI=1S/C24H33FN4O4S/c1-6-22(24(31)26-7-2)28(16-19-10-8-9-18(3)15-19)23(30)17-29(34(32,33)27(4)5)21-13-11-20(25)12-14-21/h8-15,22H,6-7,16-17H2,1-5H3,(H,26,31)/t22-/m0/s1. The number of hydrogen-bond acceptors (Lipinski definition) is 4. The van der Waals surface area contributed by atoms with E-state index >= 15 is 0 Å². The van der Waals surface area contributed by atoms with Crippen LogP contribution in [0.15, 0.2) is 48.5 Å². The third-order valence-corrected chi connectivity index (χ3v) is 7.13. The predicted octanol–water partition coefficient (Wildman–Crippen LogP) is 2.69. The summed E-state index contributed by atoms with van der Waals surface area (Å²) in [5.41, 5.74) is 1.96. The molecule has 186 valence electrons. The summed E-state index contributed by atoms with van der Waals surface area (Å²) in [4.78, 5) is 27.8. The van der Waals surface area contributed by atoms with Crippen LogP contribution >= 0.6 is 0 Å². The van der Waals surface area contributed by atoms with Gasteiger partial charge >= 0.3 is 10.2 Å². The largest absolute Gasteiger partial charge is 0.355 e. The molecule has 34 heavy (non-hydrogen) atoms. The van der Waals surface area contributed by atoms with Gasteiger partial charge in [0.2, 0.25) is 11.8 Å². The van der Waals surface area contributed by atoms with Crippen molar-refractivity contribution in [2.75, 3.05) is 31.5 Å². The zero-order valence-corrected chi connectivity index (χ0v) is 21.1. The molecule has 0 aliphatic carbocycles. The molecule has 8 nitrogen and oxygen atoms in total. The van der Waals surface area contributed by atoms with Gasteiger partial charge in [-0.3, -0.25) is 9.59 Å². The maximum atomic E-state index is 13.6. The van der Waals surface area contributed by atoms with Crippen molar-refractivity contribution in [1.82, 2.24) is 14.5 Å². The molecule has 2 aromatic carbocycles. The number of halogens is 1. The van der Waals surface area contributed by atoms with Gasteiger partial charge in [-0.25, -0.2) is 8.70 Å². The van der Waals surface area contributed by atoms with Crippen molar-refractivity contribution in [2.24, 2.45) is 0 Å². The van der Waals surface area contributed by atoms with Gasteiger partial charge in [0.15, 0.2) is 0 Å². The molecule has 0 saturated heterocycles. The minimum absolute atomic E-state index is 0.134. The lowest BCUT2D eigenvalue weighted by atomic mass is 10.1. The van der Waals surface area contributed by atoms with Crippen LogP contribution in [0.4, 0.5) is 10.1 Å². The van der Waals surface area contributed by atoms with E-state index in [0.717, 1.165) is 31.9 Å². The first-order valence-corrected chi connectivity index (χ1v) is 12.5. The Bertz CT molecular complexity index is 1090. The van der Waals surface area contributed by atoms with Gasteiger partial charge in [-0.05, 0) is 50.1 Å². The molecule has 2 aromatic rings. The van der Waals surface area contributed by atoms with Crippen LogP contribution in [-0.2, 0) is 26.3 Å². The van der Waals surface area contributed by atoms with E-state index in [2.05, 4.69) is 5.32 Å². The normalized spacial score (nSPS) is 12.3. The molecule has 0 aliphatic rings. The van der Waals surface area contributed by atoms with Gasteiger partial charge in [-0.1, -0.05) is 36.8 Å². The molecule has 0 heterocycles. The number of carbonyl (C=O) groups excluding carboxylic acids is 2. The topological polar surface area (TPSA) is 90.0 Å². The quantitative estimate of drug-likeness (QED) is 0.522. The maximum Gasteiger partial charge on any atom is 0.304 e. The first kappa shape index (κ1) is 27.3. The fourth-order valence-electron chi connectivity index (χ4n) is 3.54. The zero-order valence-electron chi connectivity index (χ0n) is 20.3. The van der Waals surface area contributed by atoms with Crippen LogP contribution in [0.5, 0.6) is 0 Å². The van der Waals surface area contributed by atoms with Gasteiger partial charge in [0.05, 0.1) is 5.69 Å². The Morgan fingerprint density at radius 2 is 1.71 bits per heavy atom. The first-order chi connectivity index (χ1) is 16.0. The minimum Gasteiger partial charge on any atom is -0.355 e. The SMILES string of the molecule is CCNC(=O)[C@H](CC)N(Cc1cccc(C)c1)C(=O)CN(c1ccc(F)cc1)S(=O)(=O)N(C)C. The number of nitrogens with zero attached hydrogens (tertiary/aromatic N) is 3. The molecule has 0 radical (unpaired) electrons. The predicted molar refractivity (Wildman–Crippen MR) is 131 cm³/mol. The molecule has 0 aliphatic heterocycles. The summed E-state index contributed by atoms with van der Waals surface area (Å²) < 4.78 is 41.5. The van der Waals surface area contributed by atoms with Gasteiger partial charge < -0.3 is 10.2 Å². The monoisotopic (exact) mass is 492 g/mol. The average Bonchev–Trinajstić information content (AvgIpc) is 2.78. The Morgan fingerprint density at radius 1 is 1.06 bits per heavy atom. The summed E-state index contributed by atoms with van der Waals surface area (Å²) in [6, 6.07) is 11.6. The number of likely N-dealkylation sites (N-methyl/N-ethyl adjacent to an activating group) is 1. The highest BCUT2D eigenvalue weighted by atomic mass is 32.2. The number of carbonyl (C=O) groups is 2. The van der Waals surface area contributed by atoms with Crippen molar-refractivity contribution in [1.29, 1.82) is 0 Å². The summed E-state index contributed by atoms with van der Waals surface area (Å²) in [6.07, 6.45) is 0.348. The number of amides is 2. The van der Waals surface area contributed by atoms with Gasteiger partial charge in [-0.15, -0.1) is 0 Å². The van der Waals surface area contributed by atoms with E-state index in [-0.39, 0.29) is 18.1 Å². The Balaban J connectivity index is 2.49. The summed E-state index contributed by atoms with van der Waals surface area (Å²) in [6.45, 7) is 5.50. The number of hydrogen-bond donors (Lipinski definition) is 1. The summed E-state index contributed by atoms with van der Waals surface area (Å²) in [7, 11) is -1.38. The van der Waals surface area contributed by atoms with Crippen molar-refractivity contribution in [3.8, 4) is 0 Å². The van der Waals surface area contributed by atoms with Gasteiger partial charge in [0, 0.05) is 27.2 Å². The molecule has 1 atom stereocenters. The highest BCUT2D eigenvalue weighted by molar-refractivity contribution is 7.90. The van der Waals surface area contributed by atoms with E-state index in [9.17, 15) is 22.4 Å². The molecule has 0 aromatic heterocycles. The second-order valence-electron chi connectivity index (χ2n) is 8.10. The van der Waals surface area contributed by atoms with E-state index in [1.54, 1.807) is 13.8 Å². The van der Waals surface area contributed by atoms with Crippen molar-refractivity contribution in [2.45, 2.75) is 39.8 Å². The third kappa shape index (κ3) is 6.77. The Morgan fingerprint density at radius 3 is 2.24 bits per heavy atom. The van der Waals surface area contributed by atoms with Crippen LogP contribution in [-0.4, -0.2) is 62.7 Å². The average molecular weight is 493 g/mol. The minimum atomic E-state index is -4.08. The molecule has 1 N–H and O–H groups in total. The molecule has 2 amide bonds. The van der Waals surface area contributed by atoms with Crippen molar-refractivity contribution >= 4 is 27.7 Å². The highest BCUT2D eigenvalue weighted by Gasteiger charge is 2.33. The lowest BCUT2D eigenvalue weighted by molar-refractivity contribution is -0.140. The van der Waals surface area contributed by atoms with Crippen LogP contribution in [0.25, 0.3) is 0 Å². The maximum absolute atomic E-state index is 13.6. The van der Waals surface area contributed by atoms with Crippen LogP contribution in [0, 0.1) is 12.7 Å². The molecule has 2 rings (SSSR count). The summed E-state index contributed by atoms with van der Waals surface area (Å²) in [5, 5.41) is 2.75. The van der Waals surface area contributed by atoms with Crippen molar-refractivity contribution < 1.29 is 22.4 Å². The second kappa shape index (κ2) is 11.9. The molecule has 0 unspecified atom stereocenters. The second-order valence-corrected chi connectivity index (χ2v) is 10.2. The van der Waals surface area contributed by atoms with Crippen LogP contribution < -0.4 is 9.62 Å². The Kier molecular flexibility index (Phi) is 9.57. The van der Waals surface area contributed by atoms with Gasteiger partial charge in [-0.2, -0.15) is 12.7 Å². The first-order valence-electron chi connectivity index (χ1n) is 11.1. The molecule has 0 bridgehead atoms. The van der Waals surface area contributed by atoms with Crippen molar-refractivity contribution in [3.63, 3.8) is 0 Å². The molecule has 0 saturated carbocycles. The summed E-state index contributed by atoms with van der Waals surface area (Å²) >= 11 is 0. The van der Waals surface area contributed by atoms with E-state index < -0.39 is 34.5 Å². The zero-order chi connectivity index (χ0) is 25.5. The van der Waals surface area contributed by atoms with E-state index in [4.69, 9.17) is 0 Å². The molecular formula is C24H33FN4O4S. The molecule has 0 spiro atoms. The Labute approximate surface area is 201 Å². The van der Waals surface area contributed by atoms with Crippen molar-refractivity contribution in [3.05, 3.63) is 65.5 Å². The fourth-order valence-corrected chi connectivity index (χ4v) is 4.60. The lowest BCUT2D eigenvalue weighted by Crippen LogP contribution is -2.53. The summed E-state index contributed by atoms with van der Waals surface area (Å²) in [5.74, 6) is -1.38. The fraction of sp³-hybridized carbons (Fsp3) is 0.417. The van der Waals surface area contributed by atoms with Crippen LogP contribution in [0.2, 0.25) is 0 Å². The molecule has 10 heteroatoms. The van der Waals surface area contributed by atoms with E-state index in [1.807, 2.05) is 31.2 Å². The third-order valence-electron chi connectivity index (χ3n) is 5.31. The van der Waals surface area contributed by atoms with Gasteiger partial charge in [0.1, 0.15) is 18.4 Å².